The Bertz CT molecular complexity index is 387. The molecule has 0 saturated carbocycles. The van der Waals surface area contributed by atoms with E-state index < -0.39 is 10.6 Å². The molecule has 1 aromatic heterocycles. The summed E-state index contributed by atoms with van der Waals surface area (Å²) in [5.41, 5.74) is -0.786. The number of nitro groups is 1. The van der Waals surface area contributed by atoms with E-state index >= 15 is 0 Å². The van der Waals surface area contributed by atoms with Gasteiger partial charge in [-0.05, 0) is 6.42 Å². The van der Waals surface area contributed by atoms with Crippen LogP contribution in [0.5, 0.6) is 0 Å². The predicted octanol–water partition coefficient (Wildman–Crippen LogP) is -0.466. The summed E-state index contributed by atoms with van der Waals surface area (Å²) in [7, 11) is 0. The van der Waals surface area contributed by atoms with E-state index in [0.29, 0.717) is 6.42 Å². The van der Waals surface area contributed by atoms with E-state index in [0.717, 1.165) is 17.0 Å². The molecular formula is C7H9N3O4. The number of aliphatic hydroxyl groups excluding tert-OH is 1. The molecule has 0 radical (unpaired) electrons. The van der Waals surface area contributed by atoms with Gasteiger partial charge < -0.3 is 5.11 Å². The van der Waals surface area contributed by atoms with Gasteiger partial charge in [0.2, 0.25) is 0 Å². The lowest BCUT2D eigenvalue weighted by atomic mass is 10.4. The molecule has 0 aliphatic rings. The van der Waals surface area contributed by atoms with Crippen molar-refractivity contribution in [1.29, 1.82) is 0 Å². The van der Waals surface area contributed by atoms with Crippen LogP contribution in [-0.4, -0.2) is 26.2 Å². The van der Waals surface area contributed by atoms with Gasteiger partial charge in [-0.1, -0.05) is 0 Å². The van der Waals surface area contributed by atoms with Gasteiger partial charge in [0, 0.05) is 13.2 Å². The molecule has 76 valence electrons. The summed E-state index contributed by atoms with van der Waals surface area (Å²) < 4.78 is 1.11. The van der Waals surface area contributed by atoms with Crippen LogP contribution in [0.1, 0.15) is 6.42 Å². The average molecular weight is 199 g/mol. The van der Waals surface area contributed by atoms with Crippen LogP contribution in [0.4, 0.5) is 5.69 Å². The molecule has 1 rings (SSSR count). The summed E-state index contributed by atoms with van der Waals surface area (Å²) >= 11 is 0. The van der Waals surface area contributed by atoms with Crippen molar-refractivity contribution in [2.24, 2.45) is 0 Å². The first kappa shape index (κ1) is 10.3. The Morgan fingerprint density at radius 1 is 1.64 bits per heavy atom. The minimum Gasteiger partial charge on any atom is -0.396 e. The molecule has 1 N–H and O–H groups in total. The zero-order valence-corrected chi connectivity index (χ0v) is 7.29. The van der Waals surface area contributed by atoms with Crippen LogP contribution >= 0.6 is 0 Å². The predicted molar refractivity (Wildman–Crippen MR) is 46.9 cm³/mol. The lowest BCUT2D eigenvalue weighted by Crippen LogP contribution is -2.22. The highest BCUT2D eigenvalue weighted by molar-refractivity contribution is 5.20. The average Bonchev–Trinajstić information content (AvgIpc) is 2.16. The minimum atomic E-state index is -0.623. The van der Waals surface area contributed by atoms with Crippen molar-refractivity contribution >= 4 is 5.69 Å². The molecular weight excluding hydrogens is 190 g/mol. The zero-order chi connectivity index (χ0) is 10.6. The maximum atomic E-state index is 11.0. The summed E-state index contributed by atoms with van der Waals surface area (Å²) in [6, 6.07) is 0. The van der Waals surface area contributed by atoms with Crippen molar-refractivity contribution in [3.63, 3.8) is 0 Å². The summed E-state index contributed by atoms with van der Waals surface area (Å²) in [5.74, 6) is 0. The van der Waals surface area contributed by atoms with E-state index in [9.17, 15) is 14.9 Å². The van der Waals surface area contributed by atoms with E-state index in [1.54, 1.807) is 0 Å². The van der Waals surface area contributed by atoms with E-state index in [2.05, 4.69) is 4.98 Å². The molecule has 0 saturated heterocycles. The first-order chi connectivity index (χ1) is 6.65. The van der Waals surface area contributed by atoms with Gasteiger partial charge in [-0.2, -0.15) is 4.98 Å². The monoisotopic (exact) mass is 199 g/mol. The minimum absolute atomic E-state index is 0.0743. The molecule has 0 spiro atoms. The molecule has 14 heavy (non-hydrogen) atoms. The number of aliphatic hydroxyl groups is 1. The third-order valence-corrected chi connectivity index (χ3v) is 1.61. The number of aryl methyl sites for hydroxylation is 1. The van der Waals surface area contributed by atoms with E-state index in [4.69, 9.17) is 5.11 Å². The smallest absolute Gasteiger partial charge is 0.347 e. The highest BCUT2D eigenvalue weighted by atomic mass is 16.6. The second-order valence-electron chi connectivity index (χ2n) is 2.62. The first-order valence-corrected chi connectivity index (χ1v) is 3.97. The summed E-state index contributed by atoms with van der Waals surface area (Å²) in [4.78, 5) is 24.1. The SMILES string of the molecule is O=c1ncc([N+](=O)[O-])cn1CCCO. The summed E-state index contributed by atoms with van der Waals surface area (Å²) in [6.07, 6.45) is 2.39. The van der Waals surface area contributed by atoms with Crippen LogP contribution in [0, 0.1) is 10.1 Å². The van der Waals surface area contributed by atoms with Crippen LogP contribution in [0.2, 0.25) is 0 Å². The standard InChI is InChI=1S/C7H9N3O4/c11-3-1-2-9-5-6(10(13)14)4-8-7(9)12/h4-5,11H,1-3H2. The topological polar surface area (TPSA) is 98.3 Å². The van der Waals surface area contributed by atoms with Gasteiger partial charge in [-0.3, -0.25) is 14.7 Å². The van der Waals surface area contributed by atoms with Crippen molar-refractivity contribution in [2.45, 2.75) is 13.0 Å². The summed E-state index contributed by atoms with van der Waals surface area (Å²) in [6.45, 7) is 0.152. The van der Waals surface area contributed by atoms with Gasteiger partial charge in [0.25, 0.3) is 0 Å². The van der Waals surface area contributed by atoms with Crippen LogP contribution < -0.4 is 5.69 Å². The van der Waals surface area contributed by atoms with Crippen LogP contribution in [0.25, 0.3) is 0 Å². The molecule has 0 unspecified atom stereocenters. The molecule has 7 nitrogen and oxygen atoms in total. The van der Waals surface area contributed by atoms with Crippen molar-refractivity contribution in [3.8, 4) is 0 Å². The molecule has 0 atom stereocenters. The molecule has 0 bridgehead atoms. The Labute approximate surface area is 78.8 Å². The van der Waals surface area contributed by atoms with Crippen molar-refractivity contribution in [2.75, 3.05) is 6.61 Å². The Kier molecular flexibility index (Phi) is 3.29. The Balaban J connectivity index is 2.96. The lowest BCUT2D eigenvalue weighted by molar-refractivity contribution is -0.385. The fraction of sp³-hybridized carbons (Fsp3) is 0.429. The van der Waals surface area contributed by atoms with E-state index in [-0.39, 0.29) is 18.8 Å². The molecule has 0 aliphatic heterocycles. The van der Waals surface area contributed by atoms with Gasteiger partial charge in [0.05, 0.1) is 11.1 Å². The van der Waals surface area contributed by atoms with E-state index in [1.165, 1.54) is 0 Å². The Hall–Kier alpha value is -1.76. The van der Waals surface area contributed by atoms with Crippen molar-refractivity contribution in [1.82, 2.24) is 9.55 Å². The quantitative estimate of drug-likeness (QED) is 0.522. The molecule has 0 amide bonds. The van der Waals surface area contributed by atoms with Gasteiger partial charge >= 0.3 is 11.4 Å². The third-order valence-electron chi connectivity index (χ3n) is 1.61. The normalized spacial score (nSPS) is 10.1. The van der Waals surface area contributed by atoms with Gasteiger partial charge in [0.15, 0.2) is 0 Å². The molecule has 0 aliphatic carbocycles. The largest absolute Gasteiger partial charge is 0.396 e. The molecule has 7 heteroatoms. The second-order valence-corrected chi connectivity index (χ2v) is 2.62. The van der Waals surface area contributed by atoms with Gasteiger partial charge in [-0.25, -0.2) is 4.79 Å². The Morgan fingerprint density at radius 3 is 2.93 bits per heavy atom. The molecule has 0 fully saturated rings. The first-order valence-electron chi connectivity index (χ1n) is 3.97. The number of hydrogen-bond donors (Lipinski definition) is 1. The Morgan fingerprint density at radius 2 is 2.36 bits per heavy atom. The van der Waals surface area contributed by atoms with Crippen LogP contribution in [0.15, 0.2) is 17.2 Å². The molecule has 1 heterocycles. The highest BCUT2D eigenvalue weighted by Gasteiger charge is 2.08. The van der Waals surface area contributed by atoms with Crippen molar-refractivity contribution in [3.05, 3.63) is 33.0 Å². The van der Waals surface area contributed by atoms with Gasteiger partial charge in [-0.15, -0.1) is 0 Å². The number of nitrogens with zero attached hydrogens (tertiary/aromatic N) is 3. The van der Waals surface area contributed by atoms with Crippen molar-refractivity contribution < 1.29 is 10.0 Å². The fourth-order valence-electron chi connectivity index (χ4n) is 0.939. The third kappa shape index (κ3) is 2.36. The number of aromatic nitrogens is 2. The second kappa shape index (κ2) is 4.47. The fourth-order valence-corrected chi connectivity index (χ4v) is 0.939. The zero-order valence-electron chi connectivity index (χ0n) is 7.29. The van der Waals surface area contributed by atoms with Crippen LogP contribution in [-0.2, 0) is 6.54 Å². The maximum absolute atomic E-state index is 11.0. The molecule has 1 aromatic rings. The number of rotatable bonds is 4. The number of hydrogen-bond acceptors (Lipinski definition) is 5. The summed E-state index contributed by atoms with van der Waals surface area (Å²) in [5, 5.41) is 18.9. The highest BCUT2D eigenvalue weighted by Crippen LogP contribution is 2.04. The maximum Gasteiger partial charge on any atom is 0.347 e. The van der Waals surface area contributed by atoms with Crippen LogP contribution in [0.3, 0.4) is 0 Å². The molecule has 0 aromatic carbocycles. The lowest BCUT2D eigenvalue weighted by Gasteiger charge is -2.01. The van der Waals surface area contributed by atoms with Gasteiger partial charge in [0.1, 0.15) is 6.20 Å². The van der Waals surface area contributed by atoms with E-state index in [1.807, 2.05) is 0 Å².